The third-order valence-electron chi connectivity index (χ3n) is 5.76. The summed E-state index contributed by atoms with van der Waals surface area (Å²) in [4.78, 5) is 65.1. The highest BCUT2D eigenvalue weighted by molar-refractivity contribution is 6.22. The smallest absolute Gasteiger partial charge is 0.325 e. The number of carboxylic acid groups (broad SMARTS) is 1. The van der Waals surface area contributed by atoms with E-state index in [1.807, 2.05) is 13.8 Å². The van der Waals surface area contributed by atoms with Crippen LogP contribution in [0.3, 0.4) is 0 Å². The second-order valence-corrected chi connectivity index (χ2v) is 8.82. The van der Waals surface area contributed by atoms with Crippen molar-refractivity contribution in [3.05, 3.63) is 30.2 Å². The number of Topliss-reactive ketones (excluding diaryl/α,β-unsaturated/α-hetero) is 2. The van der Waals surface area contributed by atoms with Crippen molar-refractivity contribution in [1.29, 1.82) is 0 Å². The lowest BCUT2D eigenvalue weighted by Gasteiger charge is -2.37. The van der Waals surface area contributed by atoms with E-state index >= 15 is 0 Å². The van der Waals surface area contributed by atoms with E-state index in [2.05, 4.69) is 5.32 Å². The van der Waals surface area contributed by atoms with Gasteiger partial charge in [-0.1, -0.05) is 13.8 Å². The number of carboxylic acids is 1. The molecular formula is C23H32N4O7. The highest BCUT2D eigenvalue weighted by Gasteiger charge is 2.57. The Balaban J connectivity index is 2.43. The molecule has 2 rings (SSSR count). The molecule has 0 bridgehead atoms. The molecule has 11 heteroatoms. The zero-order valence-corrected chi connectivity index (χ0v) is 19.5. The number of ketones is 2. The van der Waals surface area contributed by atoms with E-state index < -0.39 is 53.0 Å². The van der Waals surface area contributed by atoms with Crippen LogP contribution in [0, 0.1) is 5.92 Å². The molecule has 0 saturated carbocycles. The van der Waals surface area contributed by atoms with Gasteiger partial charge in [0.15, 0.2) is 17.1 Å². The average Bonchev–Trinajstić information content (AvgIpc) is 3.45. The number of aliphatic carboxylic acids is 1. The average molecular weight is 477 g/mol. The lowest BCUT2D eigenvalue weighted by Crippen LogP contribution is -2.68. The van der Waals surface area contributed by atoms with Crippen molar-refractivity contribution in [3.8, 4) is 0 Å². The molecule has 1 aromatic rings. The summed E-state index contributed by atoms with van der Waals surface area (Å²) < 4.78 is 5.15. The van der Waals surface area contributed by atoms with Crippen molar-refractivity contribution in [2.45, 2.75) is 63.7 Å². The van der Waals surface area contributed by atoms with E-state index in [1.165, 1.54) is 19.3 Å². The van der Waals surface area contributed by atoms with Crippen LogP contribution in [0.15, 0.2) is 28.9 Å². The predicted molar refractivity (Wildman–Crippen MR) is 122 cm³/mol. The fraction of sp³-hybridized carbons (Fsp3) is 0.522. The molecule has 4 atom stereocenters. The second-order valence-electron chi connectivity index (χ2n) is 8.82. The van der Waals surface area contributed by atoms with Gasteiger partial charge in [0, 0.05) is 12.6 Å². The molecule has 2 amide bonds. The normalized spacial score (nSPS) is 20.8. The number of rotatable bonds is 11. The summed E-state index contributed by atoms with van der Waals surface area (Å²) in [7, 11) is 0. The SMILES string of the molecule is CC(C)C[C@H](N)C(=O)C(N)C(=O)[C@@]1(C(=O)N[C@@H](C)C(=O)O)CCCN1C(=O)C=Cc1ccco1. The maximum absolute atomic E-state index is 13.6. The van der Waals surface area contributed by atoms with Gasteiger partial charge in [0.05, 0.1) is 12.3 Å². The highest BCUT2D eigenvalue weighted by Crippen LogP contribution is 2.33. The molecule has 2 heterocycles. The third kappa shape index (κ3) is 5.78. The summed E-state index contributed by atoms with van der Waals surface area (Å²) in [5, 5.41) is 11.5. The summed E-state index contributed by atoms with van der Waals surface area (Å²) in [6, 6.07) is -0.899. The van der Waals surface area contributed by atoms with Gasteiger partial charge in [0.25, 0.3) is 5.91 Å². The number of nitrogens with one attached hydrogen (secondary N) is 1. The van der Waals surface area contributed by atoms with Crippen LogP contribution in [0.25, 0.3) is 6.08 Å². The van der Waals surface area contributed by atoms with Crippen LogP contribution < -0.4 is 16.8 Å². The molecule has 1 aromatic heterocycles. The Labute approximate surface area is 197 Å². The Kier molecular flexibility index (Phi) is 8.88. The van der Waals surface area contributed by atoms with Gasteiger partial charge in [-0.15, -0.1) is 0 Å². The number of likely N-dealkylation sites (tertiary alicyclic amines) is 1. The Morgan fingerprint density at radius 2 is 1.91 bits per heavy atom. The minimum absolute atomic E-state index is 0.0287. The summed E-state index contributed by atoms with van der Waals surface area (Å²) in [5.74, 6) is -4.33. The van der Waals surface area contributed by atoms with E-state index in [4.69, 9.17) is 15.9 Å². The molecule has 34 heavy (non-hydrogen) atoms. The topological polar surface area (TPSA) is 186 Å². The number of carbonyl (C=O) groups is 5. The van der Waals surface area contributed by atoms with Gasteiger partial charge < -0.3 is 31.2 Å². The van der Waals surface area contributed by atoms with Gasteiger partial charge in [-0.05, 0) is 50.3 Å². The first kappa shape index (κ1) is 26.9. The first-order valence-electron chi connectivity index (χ1n) is 11.1. The summed E-state index contributed by atoms with van der Waals surface area (Å²) in [6.45, 7) is 4.96. The predicted octanol–water partition coefficient (Wildman–Crippen LogP) is 0.0822. The van der Waals surface area contributed by atoms with Crippen molar-refractivity contribution >= 4 is 35.4 Å². The summed E-state index contributed by atoms with van der Waals surface area (Å²) >= 11 is 0. The maximum Gasteiger partial charge on any atom is 0.325 e. The molecule has 1 fully saturated rings. The summed E-state index contributed by atoms with van der Waals surface area (Å²) in [5.41, 5.74) is 9.78. The van der Waals surface area contributed by atoms with Crippen LogP contribution in [0.1, 0.15) is 45.8 Å². The minimum atomic E-state index is -2.15. The van der Waals surface area contributed by atoms with Crippen LogP contribution >= 0.6 is 0 Å². The summed E-state index contributed by atoms with van der Waals surface area (Å²) in [6.07, 6.45) is 4.35. The Bertz CT molecular complexity index is 957. The molecule has 1 saturated heterocycles. The van der Waals surface area contributed by atoms with Crippen LogP contribution in [0.2, 0.25) is 0 Å². The molecule has 0 aliphatic carbocycles. The molecule has 1 unspecified atom stereocenters. The Morgan fingerprint density at radius 3 is 2.47 bits per heavy atom. The van der Waals surface area contributed by atoms with Crippen molar-refractivity contribution in [2.24, 2.45) is 17.4 Å². The van der Waals surface area contributed by atoms with E-state index in [1.54, 1.807) is 12.1 Å². The van der Waals surface area contributed by atoms with Crippen LogP contribution in [0.4, 0.5) is 0 Å². The molecule has 0 spiro atoms. The second kappa shape index (κ2) is 11.2. The van der Waals surface area contributed by atoms with Crippen LogP contribution in [-0.4, -0.2) is 69.6 Å². The third-order valence-corrected chi connectivity index (χ3v) is 5.76. The largest absolute Gasteiger partial charge is 0.480 e. The quantitative estimate of drug-likeness (QED) is 0.253. The minimum Gasteiger partial charge on any atom is -0.480 e. The number of amides is 2. The number of furan rings is 1. The van der Waals surface area contributed by atoms with Gasteiger partial charge >= 0.3 is 5.97 Å². The molecule has 1 aliphatic heterocycles. The molecule has 6 N–H and O–H groups in total. The Morgan fingerprint density at radius 1 is 1.24 bits per heavy atom. The van der Waals surface area contributed by atoms with Crippen molar-refractivity contribution in [3.63, 3.8) is 0 Å². The van der Waals surface area contributed by atoms with Gasteiger partial charge in [-0.3, -0.25) is 24.0 Å². The molecular weight excluding hydrogens is 444 g/mol. The van der Waals surface area contributed by atoms with Gasteiger partial charge in [-0.25, -0.2) is 0 Å². The lowest BCUT2D eigenvalue weighted by molar-refractivity contribution is -0.154. The van der Waals surface area contributed by atoms with Crippen molar-refractivity contribution in [2.75, 3.05) is 6.54 Å². The zero-order chi connectivity index (χ0) is 25.6. The number of carbonyl (C=O) groups excluding carboxylic acids is 4. The van der Waals surface area contributed by atoms with Gasteiger partial charge in [0.2, 0.25) is 5.91 Å². The van der Waals surface area contributed by atoms with Gasteiger partial charge in [-0.2, -0.15) is 0 Å². The number of hydrogen-bond acceptors (Lipinski definition) is 8. The van der Waals surface area contributed by atoms with Crippen LogP contribution in [0.5, 0.6) is 0 Å². The first-order chi connectivity index (χ1) is 15.9. The maximum atomic E-state index is 13.6. The number of nitrogens with zero attached hydrogens (tertiary/aromatic N) is 1. The molecule has 11 nitrogen and oxygen atoms in total. The number of hydrogen-bond donors (Lipinski definition) is 4. The lowest BCUT2D eigenvalue weighted by atomic mass is 9.82. The van der Waals surface area contributed by atoms with Crippen molar-refractivity contribution in [1.82, 2.24) is 10.2 Å². The van der Waals surface area contributed by atoms with Gasteiger partial charge in [0.1, 0.15) is 17.8 Å². The van der Waals surface area contributed by atoms with E-state index in [0.717, 1.165) is 11.0 Å². The van der Waals surface area contributed by atoms with Crippen LogP contribution in [-0.2, 0) is 24.0 Å². The number of nitrogens with two attached hydrogens (primary N) is 2. The fourth-order valence-electron chi connectivity index (χ4n) is 3.97. The van der Waals surface area contributed by atoms with E-state index in [-0.39, 0.29) is 31.7 Å². The molecule has 1 aliphatic rings. The first-order valence-corrected chi connectivity index (χ1v) is 11.1. The highest BCUT2D eigenvalue weighted by atomic mass is 16.4. The molecule has 0 aromatic carbocycles. The fourth-order valence-corrected chi connectivity index (χ4v) is 3.97. The van der Waals surface area contributed by atoms with Crippen molar-refractivity contribution < 1.29 is 33.5 Å². The standard InChI is InChI=1S/C23H32N4O7/c1-13(2)12-16(24)19(29)18(25)20(30)23(22(33)26-14(3)21(31)32)9-5-10-27(23)17(28)8-7-15-6-4-11-34-15/h4,6-8,11,13-14,16,18H,5,9-10,12,24-25H2,1-3H3,(H,26,33)(H,31,32)/t14-,16-,18?,23+/m0/s1. The molecule has 186 valence electrons. The molecule has 0 radical (unpaired) electrons. The van der Waals surface area contributed by atoms with E-state index in [0.29, 0.717) is 5.76 Å². The Hall–Kier alpha value is -3.31. The zero-order valence-electron chi connectivity index (χ0n) is 19.5. The van der Waals surface area contributed by atoms with E-state index in [9.17, 15) is 29.1 Å². The monoisotopic (exact) mass is 476 g/mol.